The number of hydrogen-bond acceptors (Lipinski definition) is 5. The van der Waals surface area contributed by atoms with Crippen molar-refractivity contribution in [3.63, 3.8) is 0 Å². The Morgan fingerprint density at radius 1 is 1.17 bits per heavy atom. The van der Waals surface area contributed by atoms with Crippen LogP contribution in [-0.2, 0) is 13.1 Å². The number of methoxy groups -OCH3 is 3. The van der Waals surface area contributed by atoms with Gasteiger partial charge in [0.05, 0.1) is 33.6 Å². The minimum atomic E-state index is -0.141. The lowest BCUT2D eigenvalue weighted by atomic mass is 10.1. The van der Waals surface area contributed by atoms with Crippen LogP contribution in [0.15, 0.2) is 24.4 Å². The normalized spacial score (nSPS) is 10.4. The minimum absolute atomic E-state index is 0.141. The summed E-state index contributed by atoms with van der Waals surface area (Å²) < 4.78 is 17.7. The molecule has 0 N–H and O–H groups in total. The summed E-state index contributed by atoms with van der Waals surface area (Å²) in [6.07, 6.45) is 1.73. The zero-order valence-corrected chi connectivity index (χ0v) is 14.7. The molecule has 0 saturated carbocycles. The summed E-state index contributed by atoms with van der Waals surface area (Å²) in [7, 11) is 6.32. The fraction of sp³-hybridized carbons (Fsp3) is 0.412. The third-order valence-corrected chi connectivity index (χ3v) is 3.76. The molecule has 7 nitrogen and oxygen atoms in total. The van der Waals surface area contributed by atoms with Crippen LogP contribution in [0.3, 0.4) is 0 Å². The van der Waals surface area contributed by atoms with Crippen molar-refractivity contribution in [1.29, 1.82) is 0 Å². The van der Waals surface area contributed by atoms with Crippen molar-refractivity contribution in [2.45, 2.75) is 20.0 Å². The van der Waals surface area contributed by atoms with E-state index in [0.29, 0.717) is 29.4 Å². The second-order valence-electron chi connectivity index (χ2n) is 5.21. The van der Waals surface area contributed by atoms with Gasteiger partial charge in [-0.05, 0) is 25.1 Å². The molecule has 130 valence electrons. The Morgan fingerprint density at radius 2 is 1.79 bits per heavy atom. The second kappa shape index (κ2) is 7.72. The smallest absolute Gasteiger partial charge is 0.254 e. The highest BCUT2D eigenvalue weighted by Gasteiger charge is 2.20. The molecule has 0 aliphatic carbocycles. The maximum Gasteiger partial charge on any atom is 0.254 e. The fourth-order valence-corrected chi connectivity index (χ4v) is 2.52. The Kier molecular flexibility index (Phi) is 5.68. The molecule has 1 aromatic heterocycles. The average Bonchev–Trinajstić information content (AvgIpc) is 3.06. The van der Waals surface area contributed by atoms with Crippen LogP contribution in [0.2, 0.25) is 0 Å². The molecule has 0 bridgehead atoms. The number of aromatic nitrogens is 2. The van der Waals surface area contributed by atoms with Crippen LogP contribution in [0.25, 0.3) is 0 Å². The van der Waals surface area contributed by atoms with E-state index in [1.807, 2.05) is 17.7 Å². The van der Waals surface area contributed by atoms with Gasteiger partial charge in [-0.3, -0.25) is 9.48 Å². The maximum absolute atomic E-state index is 12.8. The number of rotatable bonds is 7. The summed E-state index contributed by atoms with van der Waals surface area (Å²) in [5, 5.41) is 4.22. The van der Waals surface area contributed by atoms with E-state index < -0.39 is 0 Å². The SMILES string of the molecule is CCn1nccc1CN(C)C(=O)c1cc(OC)c(OC)c(OC)c1. The quantitative estimate of drug-likeness (QED) is 0.777. The number of carbonyl (C=O) groups excluding carboxylic acids is 1. The van der Waals surface area contributed by atoms with E-state index in [0.717, 1.165) is 12.2 Å². The Morgan fingerprint density at radius 3 is 2.29 bits per heavy atom. The zero-order chi connectivity index (χ0) is 17.7. The Hall–Kier alpha value is -2.70. The van der Waals surface area contributed by atoms with E-state index in [1.165, 1.54) is 21.3 Å². The minimum Gasteiger partial charge on any atom is -0.493 e. The van der Waals surface area contributed by atoms with Crippen molar-refractivity contribution < 1.29 is 19.0 Å². The molecule has 0 fully saturated rings. The van der Waals surface area contributed by atoms with Gasteiger partial charge >= 0.3 is 0 Å². The lowest BCUT2D eigenvalue weighted by Gasteiger charge is -2.19. The first-order valence-corrected chi connectivity index (χ1v) is 7.61. The monoisotopic (exact) mass is 333 g/mol. The summed E-state index contributed by atoms with van der Waals surface area (Å²) in [5.74, 6) is 1.22. The largest absolute Gasteiger partial charge is 0.493 e. The number of hydrogen-bond donors (Lipinski definition) is 0. The van der Waals surface area contributed by atoms with Gasteiger partial charge in [0.15, 0.2) is 11.5 Å². The number of nitrogens with zero attached hydrogens (tertiary/aromatic N) is 3. The summed E-state index contributed by atoms with van der Waals surface area (Å²) in [5.41, 5.74) is 1.44. The Labute approximate surface area is 141 Å². The zero-order valence-electron chi connectivity index (χ0n) is 14.7. The topological polar surface area (TPSA) is 65.8 Å². The second-order valence-corrected chi connectivity index (χ2v) is 5.21. The van der Waals surface area contributed by atoms with E-state index in [9.17, 15) is 4.79 Å². The van der Waals surface area contributed by atoms with E-state index in [4.69, 9.17) is 14.2 Å². The average molecular weight is 333 g/mol. The van der Waals surface area contributed by atoms with Crippen LogP contribution in [0, 0.1) is 0 Å². The highest BCUT2D eigenvalue weighted by molar-refractivity contribution is 5.95. The highest BCUT2D eigenvalue weighted by Crippen LogP contribution is 2.38. The number of amides is 1. The molecular weight excluding hydrogens is 310 g/mol. The summed E-state index contributed by atoms with van der Waals surface area (Å²) in [6.45, 7) is 3.23. The van der Waals surface area contributed by atoms with Crippen LogP contribution in [0.5, 0.6) is 17.2 Å². The number of benzene rings is 1. The van der Waals surface area contributed by atoms with Gasteiger partial charge < -0.3 is 19.1 Å². The standard InChI is InChI=1S/C17H23N3O4/c1-6-20-13(7-8-18-20)11-19(2)17(21)12-9-14(22-3)16(24-5)15(10-12)23-4/h7-10H,6,11H2,1-5H3. The van der Waals surface area contributed by atoms with Gasteiger partial charge in [0.25, 0.3) is 5.91 Å². The summed E-state index contributed by atoms with van der Waals surface area (Å²) in [4.78, 5) is 14.4. The molecule has 24 heavy (non-hydrogen) atoms. The number of carbonyl (C=O) groups is 1. The third-order valence-electron chi connectivity index (χ3n) is 3.76. The van der Waals surface area contributed by atoms with E-state index >= 15 is 0 Å². The Balaban J connectivity index is 2.28. The first-order chi connectivity index (χ1) is 11.5. The first-order valence-electron chi connectivity index (χ1n) is 7.61. The van der Waals surface area contributed by atoms with Crippen molar-refractivity contribution >= 4 is 5.91 Å². The van der Waals surface area contributed by atoms with Gasteiger partial charge in [0.2, 0.25) is 5.75 Å². The summed E-state index contributed by atoms with van der Waals surface area (Å²) >= 11 is 0. The van der Waals surface area contributed by atoms with E-state index in [1.54, 1.807) is 30.3 Å². The molecule has 0 unspecified atom stereocenters. The van der Waals surface area contributed by atoms with Crippen molar-refractivity contribution in [3.05, 3.63) is 35.7 Å². The molecule has 0 spiro atoms. The van der Waals surface area contributed by atoms with Crippen LogP contribution in [0.4, 0.5) is 0 Å². The lowest BCUT2D eigenvalue weighted by molar-refractivity contribution is 0.0780. The van der Waals surface area contributed by atoms with Gasteiger partial charge in [-0.1, -0.05) is 0 Å². The van der Waals surface area contributed by atoms with E-state index in [-0.39, 0.29) is 5.91 Å². The number of ether oxygens (including phenoxy) is 3. The third kappa shape index (κ3) is 3.45. The molecule has 0 radical (unpaired) electrons. The first kappa shape index (κ1) is 17.7. The van der Waals surface area contributed by atoms with E-state index in [2.05, 4.69) is 5.10 Å². The van der Waals surface area contributed by atoms with Crippen LogP contribution < -0.4 is 14.2 Å². The van der Waals surface area contributed by atoms with Gasteiger partial charge in [-0.25, -0.2) is 0 Å². The fourth-order valence-electron chi connectivity index (χ4n) is 2.52. The molecule has 0 aliphatic heterocycles. The number of aryl methyl sites for hydroxylation is 1. The molecule has 0 saturated heterocycles. The van der Waals surface area contributed by atoms with Crippen LogP contribution in [0.1, 0.15) is 23.0 Å². The van der Waals surface area contributed by atoms with Gasteiger partial charge in [0.1, 0.15) is 0 Å². The summed E-state index contributed by atoms with van der Waals surface area (Å²) in [6, 6.07) is 5.21. The molecule has 2 rings (SSSR count). The molecule has 0 atom stereocenters. The molecule has 1 heterocycles. The van der Waals surface area contributed by atoms with Crippen molar-refractivity contribution in [2.24, 2.45) is 0 Å². The van der Waals surface area contributed by atoms with Crippen molar-refractivity contribution in [3.8, 4) is 17.2 Å². The van der Waals surface area contributed by atoms with Crippen molar-refractivity contribution in [2.75, 3.05) is 28.4 Å². The molecule has 1 amide bonds. The molecule has 1 aromatic carbocycles. The van der Waals surface area contributed by atoms with Gasteiger partial charge in [-0.2, -0.15) is 5.10 Å². The predicted molar refractivity (Wildman–Crippen MR) is 89.8 cm³/mol. The molecule has 2 aromatic rings. The lowest BCUT2D eigenvalue weighted by Crippen LogP contribution is -2.27. The van der Waals surface area contributed by atoms with Gasteiger partial charge in [-0.15, -0.1) is 0 Å². The van der Waals surface area contributed by atoms with Gasteiger partial charge in [0, 0.05) is 25.4 Å². The van der Waals surface area contributed by atoms with Crippen LogP contribution in [-0.4, -0.2) is 49.0 Å². The van der Waals surface area contributed by atoms with Crippen molar-refractivity contribution in [1.82, 2.24) is 14.7 Å². The van der Waals surface area contributed by atoms with Crippen LogP contribution >= 0.6 is 0 Å². The molecular formula is C17H23N3O4. The molecule has 7 heteroatoms. The maximum atomic E-state index is 12.8. The highest BCUT2D eigenvalue weighted by atomic mass is 16.5. The molecule has 0 aliphatic rings. The predicted octanol–water partition coefficient (Wildman–Crippen LogP) is 2.20. The Bertz CT molecular complexity index is 687.